The summed E-state index contributed by atoms with van der Waals surface area (Å²) in [5.74, 6) is 1.02. The minimum atomic E-state index is -0.562. The first-order valence-electron chi connectivity index (χ1n) is 13.8. The maximum absolute atomic E-state index is 13.1. The van der Waals surface area contributed by atoms with Gasteiger partial charge in [-0.1, -0.05) is 35.3 Å². The Balaban J connectivity index is 1.44. The number of ether oxygens (including phenoxy) is 3. The minimum Gasteiger partial charge on any atom is -0.492 e. The van der Waals surface area contributed by atoms with Crippen LogP contribution < -0.4 is 15.2 Å². The van der Waals surface area contributed by atoms with E-state index in [1.165, 1.54) is 0 Å². The molecule has 1 aliphatic heterocycles. The molecule has 2 N–H and O–H groups in total. The number of anilines is 1. The van der Waals surface area contributed by atoms with Crippen LogP contribution >= 0.6 is 23.2 Å². The van der Waals surface area contributed by atoms with Crippen LogP contribution in [-0.4, -0.2) is 65.2 Å². The van der Waals surface area contributed by atoms with Gasteiger partial charge in [0.1, 0.15) is 17.5 Å². The normalized spacial score (nSPS) is 14.4. The Morgan fingerprint density at radius 1 is 0.976 bits per heavy atom. The van der Waals surface area contributed by atoms with Crippen LogP contribution in [0.15, 0.2) is 48.7 Å². The van der Waals surface area contributed by atoms with Crippen molar-refractivity contribution in [3.63, 3.8) is 0 Å². The molecule has 2 heterocycles. The Hall–Kier alpha value is -3.69. The van der Waals surface area contributed by atoms with Gasteiger partial charge in [0.05, 0.1) is 11.6 Å². The first kappa shape index (κ1) is 31.3. The number of carbonyl (C=O) groups excluding carboxylic acids is 2. The monoisotopic (exact) mass is 614 g/mol. The molecule has 9 nitrogen and oxygen atoms in total. The van der Waals surface area contributed by atoms with Gasteiger partial charge in [0.25, 0.3) is 5.91 Å². The molecule has 3 aromatic rings. The highest BCUT2D eigenvalue weighted by molar-refractivity contribution is 6.37. The van der Waals surface area contributed by atoms with Crippen LogP contribution in [0.3, 0.4) is 0 Å². The Kier molecular flexibility index (Phi) is 9.74. The van der Waals surface area contributed by atoms with E-state index in [1.54, 1.807) is 46.3 Å². The third-order valence-corrected chi connectivity index (χ3v) is 7.39. The summed E-state index contributed by atoms with van der Waals surface area (Å²) in [5, 5.41) is 0.830. The third-order valence-electron chi connectivity index (χ3n) is 6.67. The van der Waals surface area contributed by atoms with Gasteiger partial charge in [0.15, 0.2) is 11.6 Å². The van der Waals surface area contributed by atoms with Gasteiger partial charge in [-0.2, -0.15) is 0 Å². The van der Waals surface area contributed by atoms with Gasteiger partial charge in [-0.25, -0.2) is 9.78 Å². The molecule has 1 aromatic heterocycles. The maximum Gasteiger partial charge on any atom is 0.410 e. The van der Waals surface area contributed by atoms with Crippen LogP contribution in [0.1, 0.15) is 56.6 Å². The number of nitrogens with zero attached hydrogens (tertiary/aromatic N) is 3. The molecule has 0 bridgehead atoms. The van der Waals surface area contributed by atoms with Gasteiger partial charge in [-0.05, 0) is 70.5 Å². The molecule has 11 heteroatoms. The van der Waals surface area contributed by atoms with E-state index < -0.39 is 11.7 Å². The Morgan fingerprint density at radius 3 is 2.24 bits per heavy atom. The lowest BCUT2D eigenvalue weighted by Gasteiger charge is -2.35. The third kappa shape index (κ3) is 7.38. The maximum atomic E-state index is 13.1. The Labute approximate surface area is 256 Å². The molecule has 224 valence electrons. The molecule has 42 heavy (non-hydrogen) atoms. The summed E-state index contributed by atoms with van der Waals surface area (Å²) in [6, 6.07) is 12.5. The molecule has 0 aliphatic carbocycles. The highest BCUT2D eigenvalue weighted by atomic mass is 35.5. The zero-order chi connectivity index (χ0) is 30.6. The number of rotatable bonds is 7. The average molecular weight is 616 g/mol. The van der Waals surface area contributed by atoms with E-state index in [0.717, 1.165) is 11.1 Å². The van der Waals surface area contributed by atoms with Gasteiger partial charge in [0, 0.05) is 54.1 Å². The van der Waals surface area contributed by atoms with E-state index in [0.29, 0.717) is 65.5 Å². The number of aromatic nitrogens is 1. The number of benzene rings is 2. The summed E-state index contributed by atoms with van der Waals surface area (Å²) in [5.41, 5.74) is 8.32. The molecule has 0 radical (unpaired) electrons. The fourth-order valence-corrected chi connectivity index (χ4v) is 5.28. The van der Waals surface area contributed by atoms with E-state index in [1.807, 2.05) is 46.8 Å². The quantitative estimate of drug-likeness (QED) is 0.309. The fraction of sp³-hybridized carbons (Fsp3) is 0.387. The topological polar surface area (TPSA) is 107 Å². The molecule has 2 amide bonds. The number of amides is 2. The Bertz CT molecular complexity index is 1430. The number of piperazine rings is 1. The van der Waals surface area contributed by atoms with Crippen molar-refractivity contribution < 1.29 is 23.8 Å². The highest BCUT2D eigenvalue weighted by Crippen LogP contribution is 2.40. The number of pyridine rings is 1. The zero-order valence-corrected chi connectivity index (χ0v) is 26.0. The zero-order valence-electron chi connectivity index (χ0n) is 24.4. The highest BCUT2D eigenvalue weighted by Gasteiger charge is 2.28. The van der Waals surface area contributed by atoms with Crippen LogP contribution in [0.25, 0.3) is 11.1 Å². The molecule has 0 saturated carbocycles. The van der Waals surface area contributed by atoms with E-state index in [4.69, 9.17) is 43.1 Å². The fourth-order valence-electron chi connectivity index (χ4n) is 4.55. The molecule has 2 aromatic carbocycles. The number of hydrogen-bond acceptors (Lipinski definition) is 7. The summed E-state index contributed by atoms with van der Waals surface area (Å²) in [7, 11) is 0. The van der Waals surface area contributed by atoms with Crippen molar-refractivity contribution in [1.29, 1.82) is 0 Å². The van der Waals surface area contributed by atoms with E-state index in [9.17, 15) is 9.59 Å². The number of nitrogens with two attached hydrogens (primary N) is 1. The van der Waals surface area contributed by atoms with Gasteiger partial charge >= 0.3 is 6.09 Å². The first-order valence-corrected chi connectivity index (χ1v) is 14.5. The smallest absolute Gasteiger partial charge is 0.410 e. The lowest BCUT2D eigenvalue weighted by molar-refractivity contribution is 0.0141. The van der Waals surface area contributed by atoms with Crippen molar-refractivity contribution in [2.75, 3.05) is 38.5 Å². The van der Waals surface area contributed by atoms with Crippen LogP contribution in [0, 0.1) is 0 Å². The second-order valence-corrected chi connectivity index (χ2v) is 11.7. The SMILES string of the molecule is CCOc1ccc(Cl)c(C(C)Oc2cc(-c3ccc(C(=O)N4CCN(C(=O)OC(C)(C)C)CC4)cc3)cnc2N)c1Cl. The van der Waals surface area contributed by atoms with Crippen molar-refractivity contribution in [3.05, 3.63) is 69.8 Å². The summed E-state index contributed by atoms with van der Waals surface area (Å²) in [4.78, 5) is 33.2. The van der Waals surface area contributed by atoms with Crippen LogP contribution in [0.5, 0.6) is 11.5 Å². The molecular formula is C31H36Cl2N4O5. The van der Waals surface area contributed by atoms with E-state index in [-0.39, 0.29) is 17.8 Å². The van der Waals surface area contributed by atoms with Gasteiger partial charge in [-0.3, -0.25) is 4.79 Å². The number of halogens is 2. The number of carbonyl (C=O) groups is 2. The van der Waals surface area contributed by atoms with Crippen LogP contribution in [0.2, 0.25) is 10.0 Å². The molecule has 1 fully saturated rings. The predicted octanol–water partition coefficient (Wildman–Crippen LogP) is 6.87. The van der Waals surface area contributed by atoms with Crippen LogP contribution in [0.4, 0.5) is 10.6 Å². The van der Waals surface area contributed by atoms with Crippen LogP contribution in [-0.2, 0) is 4.74 Å². The standard InChI is InChI=1S/C31H36Cl2N4O5/c1-6-40-24-12-11-23(32)26(27(24)33)19(2)41-25-17-22(18-35-28(25)34)20-7-9-21(10-8-20)29(38)36-13-15-37(16-14-36)30(39)42-31(3,4)5/h7-12,17-19H,6,13-16H2,1-5H3,(H2,34,35). The lowest BCUT2D eigenvalue weighted by atomic mass is 10.0. The Morgan fingerprint density at radius 2 is 1.62 bits per heavy atom. The number of hydrogen-bond donors (Lipinski definition) is 1. The van der Waals surface area contributed by atoms with Gasteiger partial charge in [-0.15, -0.1) is 0 Å². The molecule has 1 unspecified atom stereocenters. The molecule has 4 rings (SSSR count). The second-order valence-electron chi connectivity index (χ2n) is 10.9. The molecule has 1 atom stereocenters. The summed E-state index contributed by atoms with van der Waals surface area (Å²) < 4.78 is 17.2. The summed E-state index contributed by atoms with van der Waals surface area (Å²) >= 11 is 13.0. The van der Waals surface area contributed by atoms with E-state index in [2.05, 4.69) is 4.98 Å². The van der Waals surface area contributed by atoms with Gasteiger partial charge in [0.2, 0.25) is 0 Å². The molecule has 0 spiro atoms. The van der Waals surface area contributed by atoms with Gasteiger partial charge < -0.3 is 29.7 Å². The summed E-state index contributed by atoms with van der Waals surface area (Å²) in [6.45, 7) is 11.4. The van der Waals surface area contributed by atoms with Crippen molar-refractivity contribution >= 4 is 41.0 Å². The second kappa shape index (κ2) is 13.1. The largest absolute Gasteiger partial charge is 0.492 e. The van der Waals surface area contributed by atoms with Crippen molar-refractivity contribution in [1.82, 2.24) is 14.8 Å². The minimum absolute atomic E-state index is 0.0956. The first-order chi connectivity index (χ1) is 19.9. The van der Waals surface area contributed by atoms with Crippen molar-refractivity contribution in [2.24, 2.45) is 0 Å². The summed E-state index contributed by atoms with van der Waals surface area (Å²) in [6.07, 6.45) is 0.745. The molecular weight excluding hydrogens is 579 g/mol. The average Bonchev–Trinajstić information content (AvgIpc) is 2.95. The molecule has 1 saturated heterocycles. The van der Waals surface area contributed by atoms with E-state index >= 15 is 0 Å². The van der Waals surface area contributed by atoms with Crippen molar-refractivity contribution in [2.45, 2.75) is 46.3 Å². The number of nitrogen functional groups attached to an aromatic ring is 1. The lowest BCUT2D eigenvalue weighted by Crippen LogP contribution is -2.51. The predicted molar refractivity (Wildman–Crippen MR) is 164 cm³/mol. The molecule has 1 aliphatic rings. The van der Waals surface area contributed by atoms with Crippen molar-refractivity contribution in [3.8, 4) is 22.6 Å².